The van der Waals surface area contributed by atoms with E-state index in [2.05, 4.69) is 19.9 Å². The second-order valence-corrected chi connectivity index (χ2v) is 6.34. The average Bonchev–Trinajstić information content (AvgIpc) is 2.85. The van der Waals surface area contributed by atoms with Crippen LogP contribution in [0.3, 0.4) is 0 Å². The van der Waals surface area contributed by atoms with Gasteiger partial charge >= 0.3 is 0 Å². The molecule has 0 amide bonds. The smallest absolute Gasteiger partial charge is 0.265 e. The van der Waals surface area contributed by atoms with Crippen molar-refractivity contribution in [2.75, 3.05) is 10.5 Å². The van der Waals surface area contributed by atoms with E-state index in [1.807, 2.05) is 0 Å². The van der Waals surface area contributed by atoms with Gasteiger partial charge in [0.1, 0.15) is 4.90 Å². The van der Waals surface area contributed by atoms with Gasteiger partial charge in [-0.15, -0.1) is 10.2 Å². The molecule has 0 radical (unpaired) electrons. The van der Waals surface area contributed by atoms with Crippen molar-refractivity contribution >= 4 is 44.0 Å². The van der Waals surface area contributed by atoms with Crippen molar-refractivity contribution < 1.29 is 8.42 Å². The monoisotopic (exact) mass is 323 g/mol. The van der Waals surface area contributed by atoms with Gasteiger partial charge in [-0.3, -0.25) is 4.72 Å². The van der Waals surface area contributed by atoms with Gasteiger partial charge in [0.2, 0.25) is 0 Å². The second kappa shape index (κ2) is 4.90. The van der Waals surface area contributed by atoms with Gasteiger partial charge in [-0.1, -0.05) is 11.6 Å². The third kappa shape index (κ3) is 2.63. The number of H-pyrrole nitrogens is 1. The van der Waals surface area contributed by atoms with E-state index >= 15 is 0 Å². The van der Waals surface area contributed by atoms with Crippen molar-refractivity contribution in [3.63, 3.8) is 0 Å². The van der Waals surface area contributed by atoms with Gasteiger partial charge in [-0.05, 0) is 30.3 Å². The zero-order valence-electron chi connectivity index (χ0n) is 10.5. The van der Waals surface area contributed by atoms with Crippen LogP contribution in [0.2, 0.25) is 5.15 Å². The number of fused-ring (bicyclic) bond motifs is 1. The molecule has 0 aliphatic heterocycles. The van der Waals surface area contributed by atoms with Gasteiger partial charge in [0.15, 0.2) is 11.0 Å². The summed E-state index contributed by atoms with van der Waals surface area (Å²) >= 11 is 5.61. The topological polar surface area (TPSA) is 114 Å². The SMILES string of the molecule is Nc1ccc2[nH]cc(S(=O)(=O)Nc3ccc(Cl)nn3)c2c1. The number of hydrogen-bond acceptors (Lipinski definition) is 5. The maximum absolute atomic E-state index is 12.4. The molecule has 0 saturated carbocycles. The summed E-state index contributed by atoms with van der Waals surface area (Å²) in [5.74, 6) is 0.0812. The van der Waals surface area contributed by atoms with Gasteiger partial charge < -0.3 is 10.7 Å². The molecule has 7 nitrogen and oxygen atoms in total. The molecule has 0 atom stereocenters. The number of nitrogens with two attached hydrogens (primary N) is 1. The van der Waals surface area contributed by atoms with E-state index in [0.29, 0.717) is 16.6 Å². The Balaban J connectivity index is 2.04. The molecule has 0 spiro atoms. The second-order valence-electron chi connectivity index (χ2n) is 4.30. The fourth-order valence-electron chi connectivity index (χ4n) is 1.90. The van der Waals surface area contributed by atoms with E-state index in [1.54, 1.807) is 18.2 Å². The molecule has 0 aliphatic carbocycles. The van der Waals surface area contributed by atoms with Crippen LogP contribution >= 0.6 is 11.6 Å². The molecule has 108 valence electrons. The Bertz CT molecular complexity index is 905. The number of sulfonamides is 1. The summed E-state index contributed by atoms with van der Waals surface area (Å²) in [6.07, 6.45) is 1.40. The van der Waals surface area contributed by atoms with Crippen LogP contribution in [0.25, 0.3) is 10.9 Å². The first-order chi connectivity index (χ1) is 9.95. The number of nitrogen functional groups attached to an aromatic ring is 1. The lowest BCUT2D eigenvalue weighted by atomic mass is 10.2. The number of rotatable bonds is 3. The van der Waals surface area contributed by atoms with E-state index in [4.69, 9.17) is 17.3 Å². The van der Waals surface area contributed by atoms with Crippen LogP contribution in [-0.4, -0.2) is 23.6 Å². The maximum Gasteiger partial charge on any atom is 0.265 e. The third-order valence-corrected chi connectivity index (χ3v) is 4.42. The van der Waals surface area contributed by atoms with Crippen molar-refractivity contribution in [2.24, 2.45) is 0 Å². The molecule has 0 saturated heterocycles. The zero-order chi connectivity index (χ0) is 15.0. The highest BCUT2D eigenvalue weighted by Gasteiger charge is 2.20. The Morgan fingerprint density at radius 1 is 1.19 bits per heavy atom. The molecule has 2 aromatic heterocycles. The quantitative estimate of drug-likeness (QED) is 0.638. The van der Waals surface area contributed by atoms with Crippen molar-refractivity contribution in [1.82, 2.24) is 15.2 Å². The minimum absolute atomic E-state index is 0.0812. The highest BCUT2D eigenvalue weighted by atomic mass is 35.5. The van der Waals surface area contributed by atoms with Crippen LogP contribution in [0, 0.1) is 0 Å². The van der Waals surface area contributed by atoms with Crippen LogP contribution in [0.5, 0.6) is 0 Å². The predicted octanol–water partition coefficient (Wildman–Crippen LogP) is 1.99. The molecular formula is C12H10ClN5O2S. The molecule has 21 heavy (non-hydrogen) atoms. The first-order valence-corrected chi connectivity index (χ1v) is 7.70. The van der Waals surface area contributed by atoms with E-state index in [-0.39, 0.29) is 15.9 Å². The number of aromatic amines is 1. The molecular weight excluding hydrogens is 314 g/mol. The molecule has 0 unspecified atom stereocenters. The summed E-state index contributed by atoms with van der Waals surface area (Å²) in [7, 11) is -3.81. The lowest BCUT2D eigenvalue weighted by molar-refractivity contribution is 0.601. The number of halogens is 1. The molecule has 0 bridgehead atoms. The Morgan fingerprint density at radius 2 is 2.00 bits per heavy atom. The van der Waals surface area contributed by atoms with Crippen LogP contribution < -0.4 is 10.5 Å². The fraction of sp³-hybridized carbons (Fsp3) is 0. The zero-order valence-corrected chi connectivity index (χ0v) is 12.1. The largest absolute Gasteiger partial charge is 0.399 e. The fourth-order valence-corrected chi connectivity index (χ4v) is 3.17. The summed E-state index contributed by atoms with van der Waals surface area (Å²) < 4.78 is 27.1. The summed E-state index contributed by atoms with van der Waals surface area (Å²) in [5, 5.41) is 7.93. The van der Waals surface area contributed by atoms with Gasteiger partial charge in [0.05, 0.1) is 0 Å². The Labute approximate surface area is 125 Å². The van der Waals surface area contributed by atoms with Crippen LogP contribution in [0.15, 0.2) is 41.4 Å². The highest BCUT2D eigenvalue weighted by Crippen LogP contribution is 2.26. The normalized spacial score (nSPS) is 11.7. The Morgan fingerprint density at radius 3 is 2.71 bits per heavy atom. The summed E-state index contributed by atoms with van der Waals surface area (Å²) in [6, 6.07) is 7.86. The molecule has 0 fully saturated rings. The van der Waals surface area contributed by atoms with Crippen LogP contribution in [0.4, 0.5) is 11.5 Å². The van der Waals surface area contributed by atoms with Crippen molar-refractivity contribution in [2.45, 2.75) is 4.90 Å². The first kappa shape index (κ1) is 13.7. The van der Waals surface area contributed by atoms with E-state index < -0.39 is 10.0 Å². The minimum Gasteiger partial charge on any atom is -0.399 e. The van der Waals surface area contributed by atoms with E-state index in [9.17, 15) is 8.42 Å². The minimum atomic E-state index is -3.81. The maximum atomic E-state index is 12.4. The number of anilines is 2. The highest BCUT2D eigenvalue weighted by molar-refractivity contribution is 7.93. The Hall–Kier alpha value is -2.32. The number of hydrogen-bond donors (Lipinski definition) is 3. The molecule has 3 aromatic rings. The average molecular weight is 324 g/mol. The van der Waals surface area contributed by atoms with Crippen molar-refractivity contribution in [3.05, 3.63) is 41.7 Å². The number of benzene rings is 1. The van der Waals surface area contributed by atoms with Crippen LogP contribution in [-0.2, 0) is 10.0 Å². The Kier molecular flexibility index (Phi) is 3.19. The number of nitrogens with zero attached hydrogens (tertiary/aromatic N) is 2. The predicted molar refractivity (Wildman–Crippen MR) is 80.6 cm³/mol. The van der Waals surface area contributed by atoms with Gasteiger partial charge in [-0.25, -0.2) is 8.42 Å². The van der Waals surface area contributed by atoms with Crippen LogP contribution in [0.1, 0.15) is 0 Å². The number of aromatic nitrogens is 3. The summed E-state index contributed by atoms with van der Waals surface area (Å²) in [6.45, 7) is 0. The van der Waals surface area contributed by atoms with Crippen molar-refractivity contribution in [3.8, 4) is 0 Å². The number of nitrogens with one attached hydrogen (secondary N) is 2. The first-order valence-electron chi connectivity index (χ1n) is 5.84. The van der Waals surface area contributed by atoms with E-state index in [1.165, 1.54) is 18.3 Å². The lowest BCUT2D eigenvalue weighted by Gasteiger charge is -2.05. The molecule has 4 N–H and O–H groups in total. The van der Waals surface area contributed by atoms with E-state index in [0.717, 1.165) is 0 Å². The summed E-state index contributed by atoms with van der Waals surface area (Å²) in [4.78, 5) is 2.97. The summed E-state index contributed by atoms with van der Waals surface area (Å²) in [5.41, 5.74) is 6.85. The van der Waals surface area contributed by atoms with Gasteiger partial charge in [0.25, 0.3) is 10.0 Å². The standard InChI is InChI=1S/C12H10ClN5O2S/c13-11-3-4-12(17-16-11)18-21(19,20)10-6-15-9-2-1-7(14)5-8(9)10/h1-6,15H,14H2,(H,17,18). The molecule has 3 rings (SSSR count). The molecule has 9 heteroatoms. The molecule has 0 aliphatic rings. The van der Waals surface area contributed by atoms with Crippen molar-refractivity contribution in [1.29, 1.82) is 0 Å². The molecule has 1 aromatic carbocycles. The molecule has 2 heterocycles. The van der Waals surface area contributed by atoms with Gasteiger partial charge in [0, 0.05) is 22.8 Å². The van der Waals surface area contributed by atoms with Gasteiger partial charge in [-0.2, -0.15) is 0 Å². The lowest BCUT2D eigenvalue weighted by Crippen LogP contribution is -2.13. The third-order valence-electron chi connectivity index (χ3n) is 2.83.